The molecule has 0 radical (unpaired) electrons. The Bertz CT molecular complexity index is 280. The van der Waals surface area contributed by atoms with Gasteiger partial charge in [-0.25, -0.2) is 0 Å². The quantitative estimate of drug-likeness (QED) is 0.383. The number of rotatable bonds is 9. The van der Waals surface area contributed by atoms with Crippen molar-refractivity contribution in [1.82, 2.24) is 10.2 Å². The zero-order chi connectivity index (χ0) is 14.8. The Morgan fingerprint density at radius 1 is 1.32 bits per heavy atom. The summed E-state index contributed by atoms with van der Waals surface area (Å²) in [7, 11) is 0. The molecular formula is C15H32N4. The summed E-state index contributed by atoms with van der Waals surface area (Å²) in [6.45, 7) is 18.3. The molecule has 0 amide bonds. The summed E-state index contributed by atoms with van der Waals surface area (Å²) < 4.78 is 0. The van der Waals surface area contributed by atoms with E-state index in [-0.39, 0.29) is 0 Å². The largest absolute Gasteiger partial charge is 0.370 e. The van der Waals surface area contributed by atoms with Crippen LogP contribution in [0.2, 0.25) is 0 Å². The second-order valence-corrected chi connectivity index (χ2v) is 5.54. The Hall–Kier alpha value is -1.03. The SMILES string of the molecule is C=C(C)CNC(N)=NCC(CC(C)C)N(CC)CC. The highest BCUT2D eigenvalue weighted by Gasteiger charge is 2.16. The van der Waals surface area contributed by atoms with E-state index in [1.54, 1.807) is 0 Å². The van der Waals surface area contributed by atoms with Crippen LogP contribution in [-0.4, -0.2) is 43.1 Å². The van der Waals surface area contributed by atoms with E-state index in [0.29, 0.717) is 24.5 Å². The van der Waals surface area contributed by atoms with Crippen molar-refractivity contribution in [3.63, 3.8) is 0 Å². The van der Waals surface area contributed by atoms with Crippen molar-refractivity contribution >= 4 is 5.96 Å². The third-order valence-corrected chi connectivity index (χ3v) is 3.12. The van der Waals surface area contributed by atoms with Gasteiger partial charge in [0.05, 0.1) is 6.54 Å². The molecule has 0 aromatic carbocycles. The van der Waals surface area contributed by atoms with Gasteiger partial charge in [0, 0.05) is 12.6 Å². The first-order chi connectivity index (χ1) is 8.90. The topological polar surface area (TPSA) is 53.6 Å². The molecule has 0 heterocycles. The highest BCUT2D eigenvalue weighted by Crippen LogP contribution is 2.11. The smallest absolute Gasteiger partial charge is 0.188 e. The summed E-state index contributed by atoms with van der Waals surface area (Å²) in [6, 6.07) is 0.472. The van der Waals surface area contributed by atoms with Crippen molar-refractivity contribution in [2.75, 3.05) is 26.2 Å². The van der Waals surface area contributed by atoms with Crippen LogP contribution in [0.25, 0.3) is 0 Å². The summed E-state index contributed by atoms with van der Waals surface area (Å²) in [5, 5.41) is 3.08. The molecule has 0 aliphatic heterocycles. The molecule has 0 aromatic heterocycles. The predicted octanol–water partition coefficient (Wildman–Crippen LogP) is 2.22. The Labute approximate surface area is 119 Å². The van der Waals surface area contributed by atoms with Gasteiger partial charge in [-0.2, -0.15) is 0 Å². The molecule has 0 spiro atoms. The average molecular weight is 268 g/mol. The fourth-order valence-corrected chi connectivity index (χ4v) is 2.12. The summed E-state index contributed by atoms with van der Waals surface area (Å²) >= 11 is 0. The summed E-state index contributed by atoms with van der Waals surface area (Å²) in [5.74, 6) is 1.19. The Morgan fingerprint density at radius 3 is 2.32 bits per heavy atom. The summed E-state index contributed by atoms with van der Waals surface area (Å²) in [4.78, 5) is 6.92. The van der Waals surface area contributed by atoms with Gasteiger partial charge in [-0.05, 0) is 32.4 Å². The monoisotopic (exact) mass is 268 g/mol. The minimum Gasteiger partial charge on any atom is -0.370 e. The number of likely N-dealkylation sites (N-methyl/N-ethyl adjacent to an activating group) is 1. The Morgan fingerprint density at radius 2 is 1.89 bits per heavy atom. The first-order valence-corrected chi connectivity index (χ1v) is 7.32. The number of hydrogen-bond donors (Lipinski definition) is 2. The van der Waals surface area contributed by atoms with Crippen LogP contribution < -0.4 is 11.1 Å². The Kier molecular flexibility index (Phi) is 9.31. The standard InChI is InChI=1S/C15H32N4/c1-7-19(8-2)14(9-12(3)4)11-18-15(16)17-10-13(5)6/h12,14H,5,7-11H2,1-4,6H3,(H3,16,17,18). The predicted molar refractivity (Wildman–Crippen MR) is 85.5 cm³/mol. The van der Waals surface area contributed by atoms with Crippen molar-refractivity contribution in [3.05, 3.63) is 12.2 Å². The molecule has 0 aromatic rings. The van der Waals surface area contributed by atoms with Crippen LogP contribution in [0.3, 0.4) is 0 Å². The maximum atomic E-state index is 5.86. The highest BCUT2D eigenvalue weighted by atomic mass is 15.2. The van der Waals surface area contributed by atoms with E-state index in [1.807, 2.05) is 6.92 Å². The lowest BCUT2D eigenvalue weighted by Crippen LogP contribution is -2.40. The Balaban J connectivity index is 4.45. The maximum Gasteiger partial charge on any atom is 0.188 e. The van der Waals surface area contributed by atoms with Crippen molar-refractivity contribution in [2.24, 2.45) is 16.6 Å². The van der Waals surface area contributed by atoms with E-state index in [2.05, 4.69) is 49.5 Å². The van der Waals surface area contributed by atoms with E-state index >= 15 is 0 Å². The fourth-order valence-electron chi connectivity index (χ4n) is 2.12. The molecule has 0 aliphatic carbocycles. The molecule has 4 heteroatoms. The fraction of sp³-hybridized carbons (Fsp3) is 0.800. The molecule has 0 saturated carbocycles. The molecule has 0 aliphatic rings. The maximum absolute atomic E-state index is 5.86. The number of hydrogen-bond acceptors (Lipinski definition) is 2. The third-order valence-electron chi connectivity index (χ3n) is 3.12. The number of nitrogens with zero attached hydrogens (tertiary/aromatic N) is 2. The molecule has 19 heavy (non-hydrogen) atoms. The van der Waals surface area contributed by atoms with Crippen molar-refractivity contribution in [2.45, 2.75) is 47.1 Å². The number of nitrogens with one attached hydrogen (secondary N) is 1. The van der Waals surface area contributed by atoms with E-state index in [4.69, 9.17) is 5.73 Å². The summed E-state index contributed by atoms with van der Waals surface area (Å²) in [5.41, 5.74) is 6.92. The number of nitrogens with two attached hydrogens (primary N) is 1. The third kappa shape index (κ3) is 8.65. The molecule has 3 N–H and O–H groups in total. The molecule has 0 bridgehead atoms. The van der Waals surface area contributed by atoms with Gasteiger partial charge in [0.25, 0.3) is 0 Å². The zero-order valence-electron chi connectivity index (χ0n) is 13.4. The molecule has 0 fully saturated rings. The van der Waals surface area contributed by atoms with Gasteiger partial charge in [-0.1, -0.05) is 39.8 Å². The average Bonchev–Trinajstić information content (AvgIpc) is 2.34. The lowest BCUT2D eigenvalue weighted by Gasteiger charge is -2.29. The van der Waals surface area contributed by atoms with Crippen LogP contribution >= 0.6 is 0 Å². The molecule has 0 rings (SSSR count). The second-order valence-electron chi connectivity index (χ2n) is 5.54. The van der Waals surface area contributed by atoms with Gasteiger partial charge in [-0.15, -0.1) is 0 Å². The molecule has 1 atom stereocenters. The first kappa shape index (κ1) is 18.0. The van der Waals surface area contributed by atoms with Crippen molar-refractivity contribution in [3.8, 4) is 0 Å². The van der Waals surface area contributed by atoms with Gasteiger partial charge < -0.3 is 11.1 Å². The van der Waals surface area contributed by atoms with Crippen LogP contribution in [0.15, 0.2) is 17.1 Å². The van der Waals surface area contributed by atoms with Crippen LogP contribution in [0.5, 0.6) is 0 Å². The zero-order valence-corrected chi connectivity index (χ0v) is 13.4. The second kappa shape index (κ2) is 9.84. The van der Waals surface area contributed by atoms with Crippen LogP contribution in [0.1, 0.15) is 41.0 Å². The van der Waals surface area contributed by atoms with E-state index in [9.17, 15) is 0 Å². The summed E-state index contributed by atoms with van der Waals surface area (Å²) in [6.07, 6.45) is 1.15. The molecular weight excluding hydrogens is 236 g/mol. The van der Waals surface area contributed by atoms with Crippen LogP contribution in [0, 0.1) is 5.92 Å². The van der Waals surface area contributed by atoms with Crippen LogP contribution in [-0.2, 0) is 0 Å². The van der Waals surface area contributed by atoms with Gasteiger partial charge in [0.1, 0.15) is 0 Å². The number of guanidine groups is 1. The van der Waals surface area contributed by atoms with Gasteiger partial charge >= 0.3 is 0 Å². The molecule has 112 valence electrons. The number of aliphatic imine (C=N–C) groups is 1. The lowest BCUT2D eigenvalue weighted by molar-refractivity contribution is 0.196. The first-order valence-electron chi connectivity index (χ1n) is 7.32. The van der Waals surface area contributed by atoms with E-state index < -0.39 is 0 Å². The normalized spacial score (nSPS) is 13.9. The van der Waals surface area contributed by atoms with E-state index in [1.165, 1.54) is 0 Å². The van der Waals surface area contributed by atoms with Crippen LogP contribution in [0.4, 0.5) is 0 Å². The van der Waals surface area contributed by atoms with Crippen molar-refractivity contribution in [1.29, 1.82) is 0 Å². The molecule has 0 saturated heterocycles. The van der Waals surface area contributed by atoms with Gasteiger partial charge in [0.2, 0.25) is 0 Å². The minimum absolute atomic E-state index is 0.472. The highest BCUT2D eigenvalue weighted by molar-refractivity contribution is 5.78. The van der Waals surface area contributed by atoms with Gasteiger partial charge in [0.15, 0.2) is 5.96 Å². The molecule has 1 unspecified atom stereocenters. The minimum atomic E-state index is 0.472. The van der Waals surface area contributed by atoms with Crippen molar-refractivity contribution < 1.29 is 0 Å². The van der Waals surface area contributed by atoms with Gasteiger partial charge in [-0.3, -0.25) is 9.89 Å². The lowest BCUT2D eigenvalue weighted by atomic mass is 10.0. The van der Waals surface area contributed by atoms with E-state index in [0.717, 1.165) is 31.6 Å². The molecule has 4 nitrogen and oxygen atoms in total.